The summed E-state index contributed by atoms with van der Waals surface area (Å²) in [7, 11) is 0. The molecule has 1 aliphatic heterocycles. The number of hydrazone groups is 1. The number of ether oxygens (including phenoxy) is 1. The van der Waals surface area contributed by atoms with Crippen molar-refractivity contribution in [1.82, 2.24) is 10.1 Å². The average Bonchev–Trinajstić information content (AvgIpc) is 3.24. The Bertz CT molecular complexity index is 1130. The van der Waals surface area contributed by atoms with E-state index >= 15 is 0 Å². The van der Waals surface area contributed by atoms with E-state index in [0.29, 0.717) is 16.8 Å². The van der Waals surface area contributed by atoms with Crippen LogP contribution in [-0.2, 0) is 20.9 Å². The standard InChI is InChI=1S/C21H17FN4O4/c1-13-7-8-14(11-16(13)22)20-23-18(30-25-20)12-29-21(28)17-9-10-19(27)26(24-17)15-5-3-2-4-6-15/h2-8,11H,9-10,12H2,1H3. The van der Waals surface area contributed by atoms with Crippen molar-refractivity contribution in [3.05, 3.63) is 65.8 Å². The van der Waals surface area contributed by atoms with E-state index in [1.807, 2.05) is 6.07 Å². The number of rotatable bonds is 5. The van der Waals surface area contributed by atoms with Gasteiger partial charge in [-0.05, 0) is 30.7 Å². The first-order chi connectivity index (χ1) is 14.5. The molecular weight excluding hydrogens is 391 g/mol. The molecular formula is C21H17FN4O4. The Labute approximate surface area is 171 Å². The summed E-state index contributed by atoms with van der Waals surface area (Å²) in [4.78, 5) is 28.6. The normalized spacial score (nSPS) is 13.9. The van der Waals surface area contributed by atoms with Crippen LogP contribution in [0.25, 0.3) is 11.4 Å². The Hall–Kier alpha value is -3.88. The summed E-state index contributed by atoms with van der Waals surface area (Å²) >= 11 is 0. The zero-order valence-corrected chi connectivity index (χ0v) is 16.0. The van der Waals surface area contributed by atoms with E-state index in [0.717, 1.165) is 0 Å². The summed E-state index contributed by atoms with van der Waals surface area (Å²) < 4.78 is 24.0. The molecule has 2 heterocycles. The van der Waals surface area contributed by atoms with E-state index in [9.17, 15) is 14.0 Å². The number of carbonyl (C=O) groups is 2. The fourth-order valence-electron chi connectivity index (χ4n) is 2.84. The Morgan fingerprint density at radius 2 is 2.00 bits per heavy atom. The molecule has 0 saturated carbocycles. The first-order valence-electron chi connectivity index (χ1n) is 9.23. The summed E-state index contributed by atoms with van der Waals surface area (Å²) in [6, 6.07) is 13.4. The number of carbonyl (C=O) groups excluding carboxylic acids is 2. The van der Waals surface area contributed by atoms with E-state index < -0.39 is 5.97 Å². The maximum atomic E-state index is 13.7. The second-order valence-corrected chi connectivity index (χ2v) is 6.64. The number of benzene rings is 2. The number of hydrogen-bond acceptors (Lipinski definition) is 7. The molecule has 0 bridgehead atoms. The van der Waals surface area contributed by atoms with Gasteiger partial charge in [0, 0.05) is 18.4 Å². The highest BCUT2D eigenvalue weighted by molar-refractivity contribution is 6.37. The number of aromatic nitrogens is 2. The van der Waals surface area contributed by atoms with E-state index in [1.165, 1.54) is 11.1 Å². The van der Waals surface area contributed by atoms with Gasteiger partial charge < -0.3 is 9.26 Å². The van der Waals surface area contributed by atoms with E-state index in [1.54, 1.807) is 43.3 Å². The Kier molecular flexibility index (Phi) is 5.34. The van der Waals surface area contributed by atoms with E-state index in [-0.39, 0.29) is 48.6 Å². The highest BCUT2D eigenvalue weighted by Crippen LogP contribution is 2.21. The first kappa shape index (κ1) is 19.4. The van der Waals surface area contributed by atoms with Crippen LogP contribution >= 0.6 is 0 Å². The van der Waals surface area contributed by atoms with Crippen LogP contribution in [0.15, 0.2) is 58.2 Å². The quantitative estimate of drug-likeness (QED) is 0.600. The van der Waals surface area contributed by atoms with Crippen LogP contribution in [0.2, 0.25) is 0 Å². The minimum atomic E-state index is -0.676. The molecule has 9 heteroatoms. The fourth-order valence-corrected chi connectivity index (χ4v) is 2.84. The molecule has 152 valence electrons. The van der Waals surface area contributed by atoms with Gasteiger partial charge in [0.1, 0.15) is 11.5 Å². The number of hydrogen-bond donors (Lipinski definition) is 0. The van der Waals surface area contributed by atoms with Gasteiger partial charge in [0.25, 0.3) is 5.89 Å². The van der Waals surface area contributed by atoms with Gasteiger partial charge in [-0.2, -0.15) is 10.1 Å². The van der Waals surface area contributed by atoms with Crippen molar-refractivity contribution in [2.45, 2.75) is 26.4 Å². The third kappa shape index (κ3) is 4.09. The number of esters is 1. The summed E-state index contributed by atoms with van der Waals surface area (Å²) in [5.41, 5.74) is 1.65. The second-order valence-electron chi connectivity index (χ2n) is 6.64. The van der Waals surface area contributed by atoms with Gasteiger partial charge in [0.2, 0.25) is 11.7 Å². The molecule has 2 aromatic carbocycles. The number of halogens is 1. The maximum absolute atomic E-state index is 13.7. The van der Waals surface area contributed by atoms with Crippen LogP contribution in [-0.4, -0.2) is 27.7 Å². The third-order valence-corrected chi connectivity index (χ3v) is 4.49. The lowest BCUT2D eigenvalue weighted by molar-refractivity contribution is -0.137. The van der Waals surface area contributed by atoms with Gasteiger partial charge in [0.15, 0.2) is 6.61 Å². The molecule has 0 aliphatic carbocycles. The molecule has 0 saturated heterocycles. The molecule has 4 rings (SSSR count). The van der Waals surface area contributed by atoms with Crippen LogP contribution in [0.3, 0.4) is 0 Å². The van der Waals surface area contributed by atoms with E-state index in [4.69, 9.17) is 9.26 Å². The van der Waals surface area contributed by atoms with Gasteiger partial charge in [-0.15, -0.1) is 0 Å². The molecule has 1 aliphatic rings. The van der Waals surface area contributed by atoms with Crippen LogP contribution in [0, 0.1) is 12.7 Å². The first-order valence-corrected chi connectivity index (χ1v) is 9.23. The Balaban J connectivity index is 1.43. The van der Waals surface area contributed by atoms with Gasteiger partial charge in [-0.1, -0.05) is 35.5 Å². The highest BCUT2D eigenvalue weighted by Gasteiger charge is 2.26. The molecule has 0 spiro atoms. The molecule has 30 heavy (non-hydrogen) atoms. The van der Waals surface area contributed by atoms with Crippen molar-refractivity contribution >= 4 is 23.3 Å². The topological polar surface area (TPSA) is 97.9 Å². The van der Waals surface area contributed by atoms with Crippen molar-refractivity contribution in [2.75, 3.05) is 5.01 Å². The molecule has 0 atom stereocenters. The van der Waals surface area contributed by atoms with Crippen LogP contribution < -0.4 is 5.01 Å². The predicted octanol–water partition coefficient (Wildman–Crippen LogP) is 3.41. The van der Waals surface area contributed by atoms with Gasteiger partial charge in [-0.25, -0.2) is 14.2 Å². The lowest BCUT2D eigenvalue weighted by atomic mass is 10.1. The average molecular weight is 408 g/mol. The van der Waals surface area contributed by atoms with Crippen LogP contribution in [0.4, 0.5) is 10.1 Å². The minimum Gasteiger partial charge on any atom is -0.451 e. The van der Waals surface area contributed by atoms with Gasteiger partial charge in [0.05, 0.1) is 5.69 Å². The van der Waals surface area contributed by atoms with Gasteiger partial charge in [-0.3, -0.25) is 4.79 Å². The summed E-state index contributed by atoms with van der Waals surface area (Å²) in [6.07, 6.45) is 0.325. The zero-order chi connectivity index (χ0) is 21.1. The molecule has 0 N–H and O–H groups in total. The molecule has 0 unspecified atom stereocenters. The van der Waals surface area contributed by atoms with Crippen LogP contribution in [0.1, 0.15) is 24.3 Å². The summed E-state index contributed by atoms with van der Waals surface area (Å²) in [5.74, 6) is -1.00. The SMILES string of the molecule is Cc1ccc(-c2noc(COC(=O)C3=NN(c4ccccc4)C(=O)CC3)n2)cc1F. The Morgan fingerprint density at radius 1 is 1.20 bits per heavy atom. The fraction of sp³-hybridized carbons (Fsp3) is 0.190. The maximum Gasteiger partial charge on any atom is 0.355 e. The Morgan fingerprint density at radius 3 is 2.77 bits per heavy atom. The number of anilines is 1. The molecule has 1 aromatic heterocycles. The molecule has 8 nitrogen and oxygen atoms in total. The number of aryl methyl sites for hydroxylation is 1. The third-order valence-electron chi connectivity index (χ3n) is 4.49. The smallest absolute Gasteiger partial charge is 0.355 e. The number of nitrogens with zero attached hydrogens (tertiary/aromatic N) is 4. The summed E-state index contributed by atoms with van der Waals surface area (Å²) in [5, 5.41) is 9.11. The van der Waals surface area contributed by atoms with Crippen molar-refractivity contribution in [1.29, 1.82) is 0 Å². The minimum absolute atomic E-state index is 0.0618. The molecule has 1 amide bonds. The predicted molar refractivity (Wildman–Crippen MR) is 105 cm³/mol. The van der Waals surface area contributed by atoms with E-state index in [2.05, 4.69) is 15.2 Å². The number of para-hydroxylation sites is 1. The van der Waals surface area contributed by atoms with Gasteiger partial charge >= 0.3 is 5.97 Å². The lowest BCUT2D eigenvalue weighted by Gasteiger charge is -2.22. The molecule has 0 fully saturated rings. The van der Waals surface area contributed by atoms with Crippen molar-refractivity contribution < 1.29 is 23.2 Å². The lowest BCUT2D eigenvalue weighted by Crippen LogP contribution is -2.34. The largest absolute Gasteiger partial charge is 0.451 e. The second kappa shape index (κ2) is 8.24. The highest BCUT2D eigenvalue weighted by atomic mass is 19.1. The zero-order valence-electron chi connectivity index (χ0n) is 16.0. The van der Waals surface area contributed by atoms with Crippen LogP contribution in [0.5, 0.6) is 0 Å². The van der Waals surface area contributed by atoms with Crippen molar-refractivity contribution in [3.8, 4) is 11.4 Å². The van der Waals surface area contributed by atoms with Crippen molar-refractivity contribution in [2.24, 2.45) is 5.10 Å². The van der Waals surface area contributed by atoms with Crippen molar-refractivity contribution in [3.63, 3.8) is 0 Å². The molecule has 3 aromatic rings. The summed E-state index contributed by atoms with van der Waals surface area (Å²) in [6.45, 7) is 1.39. The monoisotopic (exact) mass is 408 g/mol. The molecule has 0 radical (unpaired) electrons. The number of amides is 1.